The van der Waals surface area contributed by atoms with Crippen LogP contribution in [0, 0.1) is 40.4 Å². The lowest BCUT2D eigenvalue weighted by Gasteiger charge is -2.58. The summed E-state index contributed by atoms with van der Waals surface area (Å²) in [5.74, 6) is 4.43. The molecule has 0 spiro atoms. The van der Waals surface area contributed by atoms with E-state index in [1.807, 2.05) is 0 Å². The van der Waals surface area contributed by atoms with Gasteiger partial charge >= 0.3 is 0 Å². The van der Waals surface area contributed by atoms with Crippen molar-refractivity contribution in [2.45, 2.75) is 91.1 Å². The number of nitrogens with two attached hydrogens (primary N) is 1. The fourth-order valence-electron chi connectivity index (χ4n) is 8.26. The third-order valence-electron chi connectivity index (χ3n) is 9.70. The molecule has 26 heavy (non-hydrogen) atoms. The van der Waals surface area contributed by atoms with Crippen molar-refractivity contribution in [3.8, 4) is 0 Å². The van der Waals surface area contributed by atoms with E-state index in [1.165, 1.54) is 51.4 Å². The van der Waals surface area contributed by atoms with Gasteiger partial charge in [-0.3, -0.25) is 0 Å². The zero-order valence-electron chi connectivity index (χ0n) is 17.3. The predicted molar refractivity (Wildman–Crippen MR) is 109 cm³/mol. The second-order valence-corrected chi connectivity index (χ2v) is 10.8. The van der Waals surface area contributed by atoms with Crippen LogP contribution in [-0.4, -0.2) is 17.8 Å². The minimum atomic E-state index is -0.0843. The van der Waals surface area contributed by atoms with E-state index in [-0.39, 0.29) is 6.10 Å². The van der Waals surface area contributed by atoms with Gasteiger partial charge in [-0.1, -0.05) is 32.4 Å². The third kappa shape index (κ3) is 2.82. The Bertz CT molecular complexity index is 556. The van der Waals surface area contributed by atoms with Crippen molar-refractivity contribution in [3.63, 3.8) is 0 Å². The summed E-state index contributed by atoms with van der Waals surface area (Å²) in [4.78, 5) is 0. The van der Waals surface area contributed by atoms with Crippen LogP contribution in [0.15, 0.2) is 11.6 Å². The molecule has 0 aromatic rings. The molecule has 0 heterocycles. The molecule has 8 atom stereocenters. The minimum absolute atomic E-state index is 0.0843. The highest BCUT2D eigenvalue weighted by molar-refractivity contribution is 5.25. The van der Waals surface area contributed by atoms with Gasteiger partial charge in [-0.2, -0.15) is 0 Å². The molecule has 4 rings (SSSR count). The summed E-state index contributed by atoms with van der Waals surface area (Å²) < 4.78 is 0. The van der Waals surface area contributed by atoms with Crippen molar-refractivity contribution in [3.05, 3.63) is 11.6 Å². The maximum Gasteiger partial charge on any atom is 0.0577 e. The number of rotatable bonds is 4. The maximum atomic E-state index is 10.2. The van der Waals surface area contributed by atoms with Crippen molar-refractivity contribution >= 4 is 0 Å². The molecule has 3 N–H and O–H groups in total. The fraction of sp³-hybridized carbons (Fsp3) is 0.917. The third-order valence-corrected chi connectivity index (χ3v) is 9.70. The van der Waals surface area contributed by atoms with Gasteiger partial charge in [0.25, 0.3) is 0 Å². The largest absolute Gasteiger partial charge is 0.393 e. The standard InChI is InChI=1S/C24H41NO/c1-16(5-4-14-25)20-8-9-21-19-7-6-17-15-18(26)10-12-23(17,2)22(19)11-13-24(20,21)3/h6,16,18-22,26H,4-5,7-15,25H2,1-3H3/t16-,18?,19?,20?,21+,22+,23?,24?/m1/s1. The molecule has 3 fully saturated rings. The molecule has 0 bridgehead atoms. The molecule has 0 aromatic carbocycles. The topological polar surface area (TPSA) is 46.2 Å². The summed E-state index contributed by atoms with van der Waals surface area (Å²) >= 11 is 0. The number of hydrogen-bond acceptors (Lipinski definition) is 2. The lowest BCUT2D eigenvalue weighted by atomic mass is 9.47. The highest BCUT2D eigenvalue weighted by Crippen LogP contribution is 2.67. The Balaban J connectivity index is 1.56. The van der Waals surface area contributed by atoms with Crippen LogP contribution in [0.1, 0.15) is 85.0 Å². The average Bonchev–Trinajstić information content (AvgIpc) is 2.97. The molecular formula is C24H41NO. The smallest absolute Gasteiger partial charge is 0.0577 e. The van der Waals surface area contributed by atoms with Gasteiger partial charge in [0.15, 0.2) is 0 Å². The number of aliphatic hydroxyl groups is 1. The minimum Gasteiger partial charge on any atom is -0.393 e. The van der Waals surface area contributed by atoms with Crippen LogP contribution in [0.4, 0.5) is 0 Å². The highest BCUT2D eigenvalue weighted by Gasteiger charge is 2.58. The van der Waals surface area contributed by atoms with Crippen LogP contribution >= 0.6 is 0 Å². The Morgan fingerprint density at radius 1 is 1.15 bits per heavy atom. The van der Waals surface area contributed by atoms with Gasteiger partial charge in [0, 0.05) is 0 Å². The van der Waals surface area contributed by atoms with Crippen molar-refractivity contribution < 1.29 is 5.11 Å². The summed E-state index contributed by atoms with van der Waals surface area (Å²) in [7, 11) is 0. The number of allylic oxidation sites excluding steroid dienone is 1. The first-order valence-electron chi connectivity index (χ1n) is 11.5. The molecule has 0 aliphatic heterocycles. The predicted octanol–water partition coefficient (Wildman–Crippen LogP) is 5.30. The van der Waals surface area contributed by atoms with Gasteiger partial charge in [0.1, 0.15) is 0 Å². The van der Waals surface area contributed by atoms with E-state index in [0.29, 0.717) is 10.8 Å². The van der Waals surface area contributed by atoms with E-state index >= 15 is 0 Å². The Hall–Kier alpha value is -0.340. The van der Waals surface area contributed by atoms with Crippen molar-refractivity contribution in [1.82, 2.24) is 0 Å². The van der Waals surface area contributed by atoms with E-state index in [2.05, 4.69) is 26.8 Å². The van der Waals surface area contributed by atoms with E-state index in [1.54, 1.807) is 5.57 Å². The van der Waals surface area contributed by atoms with Gasteiger partial charge in [-0.15, -0.1) is 0 Å². The molecule has 0 saturated heterocycles. The number of fused-ring (bicyclic) bond motifs is 5. The normalized spacial score (nSPS) is 49.0. The van der Waals surface area contributed by atoms with Crippen LogP contribution in [0.3, 0.4) is 0 Å². The summed E-state index contributed by atoms with van der Waals surface area (Å²) in [6.07, 6.45) is 15.2. The summed E-state index contributed by atoms with van der Waals surface area (Å²) in [6.45, 7) is 8.54. The van der Waals surface area contributed by atoms with Crippen LogP contribution < -0.4 is 5.73 Å². The molecule has 0 radical (unpaired) electrons. The Kier molecular flexibility index (Phi) is 5.06. The first-order valence-corrected chi connectivity index (χ1v) is 11.5. The SMILES string of the molecule is C[C@H](CCCN)C1CC[C@H]2C3CC=C4CC(O)CCC4(C)[C@H]3CCC12C. The molecule has 0 amide bonds. The van der Waals surface area contributed by atoms with Gasteiger partial charge in [-0.25, -0.2) is 0 Å². The number of hydrogen-bond donors (Lipinski definition) is 2. The molecule has 3 saturated carbocycles. The zero-order valence-corrected chi connectivity index (χ0v) is 17.3. The van der Waals surface area contributed by atoms with Gasteiger partial charge in [0.2, 0.25) is 0 Å². The van der Waals surface area contributed by atoms with Crippen LogP contribution in [0.2, 0.25) is 0 Å². The van der Waals surface area contributed by atoms with E-state index in [0.717, 1.165) is 49.0 Å². The fourth-order valence-corrected chi connectivity index (χ4v) is 8.26. The van der Waals surface area contributed by atoms with Gasteiger partial charge in [0.05, 0.1) is 6.10 Å². The van der Waals surface area contributed by atoms with Gasteiger partial charge in [-0.05, 0) is 111 Å². The van der Waals surface area contributed by atoms with Crippen molar-refractivity contribution in [1.29, 1.82) is 0 Å². The van der Waals surface area contributed by atoms with Crippen LogP contribution in [0.25, 0.3) is 0 Å². The first kappa shape index (κ1) is 19.0. The summed E-state index contributed by atoms with van der Waals surface area (Å²) in [5.41, 5.74) is 8.34. The van der Waals surface area contributed by atoms with Crippen molar-refractivity contribution in [2.24, 2.45) is 46.2 Å². The molecule has 2 nitrogen and oxygen atoms in total. The zero-order chi connectivity index (χ0) is 18.5. The van der Waals surface area contributed by atoms with Crippen molar-refractivity contribution in [2.75, 3.05) is 6.54 Å². The molecule has 4 aliphatic carbocycles. The van der Waals surface area contributed by atoms with Gasteiger partial charge < -0.3 is 10.8 Å². The molecule has 0 aromatic heterocycles. The summed E-state index contributed by atoms with van der Waals surface area (Å²) in [5, 5.41) is 10.2. The molecule has 148 valence electrons. The van der Waals surface area contributed by atoms with Crippen LogP contribution in [0.5, 0.6) is 0 Å². The highest BCUT2D eigenvalue weighted by atomic mass is 16.3. The quantitative estimate of drug-likeness (QED) is 0.669. The summed E-state index contributed by atoms with van der Waals surface area (Å²) in [6, 6.07) is 0. The van der Waals surface area contributed by atoms with E-state index < -0.39 is 0 Å². The molecule has 5 unspecified atom stereocenters. The van der Waals surface area contributed by atoms with Crippen LogP contribution in [-0.2, 0) is 0 Å². The monoisotopic (exact) mass is 359 g/mol. The molecule has 4 aliphatic rings. The Morgan fingerprint density at radius 3 is 2.73 bits per heavy atom. The second-order valence-electron chi connectivity index (χ2n) is 10.8. The van der Waals surface area contributed by atoms with E-state index in [4.69, 9.17) is 5.73 Å². The maximum absolute atomic E-state index is 10.2. The molecular weight excluding hydrogens is 318 g/mol. The second kappa shape index (κ2) is 6.92. The lowest BCUT2D eigenvalue weighted by molar-refractivity contribution is -0.0572. The molecule has 2 heteroatoms. The first-order chi connectivity index (χ1) is 12.4. The lowest BCUT2D eigenvalue weighted by Crippen LogP contribution is -2.50. The Morgan fingerprint density at radius 2 is 1.96 bits per heavy atom. The Labute approximate surface area is 161 Å². The average molecular weight is 360 g/mol. The number of aliphatic hydroxyl groups excluding tert-OH is 1. The van der Waals surface area contributed by atoms with E-state index in [9.17, 15) is 5.11 Å².